The van der Waals surface area contributed by atoms with Gasteiger partial charge in [-0.05, 0) is 49.1 Å². The van der Waals surface area contributed by atoms with Crippen molar-refractivity contribution in [1.29, 1.82) is 0 Å². The summed E-state index contributed by atoms with van der Waals surface area (Å²) in [6.07, 6.45) is 2.32. The van der Waals surface area contributed by atoms with Crippen LogP contribution in [-0.4, -0.2) is 34.6 Å². The Labute approximate surface area is 125 Å². The van der Waals surface area contributed by atoms with E-state index in [9.17, 15) is 9.90 Å². The largest absolute Gasteiger partial charge is 0.393 e. The number of nitrogens with zero attached hydrogens (tertiary/aromatic N) is 1. The van der Waals surface area contributed by atoms with E-state index < -0.39 is 0 Å². The van der Waals surface area contributed by atoms with Crippen molar-refractivity contribution in [3.05, 3.63) is 48.0 Å². The molecule has 3 heteroatoms. The standard InChI is InChI=1S/C18H21NO2/c1-13(20)11-17-7-4-10-19(17)18(21)16-9-8-14-5-2-3-6-15(14)12-16/h2-3,5-6,8-9,12-13,17,20H,4,7,10-11H2,1H3. The summed E-state index contributed by atoms with van der Waals surface area (Å²) in [6.45, 7) is 2.58. The Bertz CT molecular complexity index is 650. The Morgan fingerprint density at radius 3 is 2.81 bits per heavy atom. The number of fused-ring (bicyclic) bond motifs is 1. The van der Waals surface area contributed by atoms with Crippen LogP contribution in [0.1, 0.15) is 36.5 Å². The SMILES string of the molecule is CC(O)CC1CCCN1C(=O)c1ccc2ccccc2c1. The van der Waals surface area contributed by atoms with Gasteiger partial charge in [0.25, 0.3) is 5.91 Å². The van der Waals surface area contributed by atoms with Crippen molar-refractivity contribution in [2.24, 2.45) is 0 Å². The van der Waals surface area contributed by atoms with Crippen molar-refractivity contribution >= 4 is 16.7 Å². The molecule has 0 saturated carbocycles. The molecular formula is C18H21NO2. The van der Waals surface area contributed by atoms with Gasteiger partial charge in [-0.1, -0.05) is 30.3 Å². The molecule has 1 fully saturated rings. The van der Waals surface area contributed by atoms with Crippen molar-refractivity contribution in [2.45, 2.75) is 38.3 Å². The molecule has 2 unspecified atom stereocenters. The van der Waals surface area contributed by atoms with Crippen molar-refractivity contribution in [2.75, 3.05) is 6.54 Å². The molecular weight excluding hydrogens is 262 g/mol. The maximum absolute atomic E-state index is 12.7. The first-order chi connectivity index (χ1) is 10.1. The van der Waals surface area contributed by atoms with Gasteiger partial charge in [-0.3, -0.25) is 4.79 Å². The van der Waals surface area contributed by atoms with Gasteiger partial charge in [-0.2, -0.15) is 0 Å². The molecule has 0 aliphatic carbocycles. The number of hydrogen-bond acceptors (Lipinski definition) is 2. The number of carbonyl (C=O) groups excluding carboxylic acids is 1. The van der Waals surface area contributed by atoms with Crippen LogP contribution in [0.5, 0.6) is 0 Å². The quantitative estimate of drug-likeness (QED) is 0.939. The van der Waals surface area contributed by atoms with Gasteiger partial charge in [0.05, 0.1) is 6.10 Å². The van der Waals surface area contributed by atoms with Crippen LogP contribution in [0.25, 0.3) is 10.8 Å². The molecule has 110 valence electrons. The fraction of sp³-hybridized carbons (Fsp3) is 0.389. The summed E-state index contributed by atoms with van der Waals surface area (Å²) in [7, 11) is 0. The predicted octanol–water partition coefficient (Wildman–Crippen LogP) is 3.22. The maximum Gasteiger partial charge on any atom is 0.254 e. The number of benzene rings is 2. The molecule has 1 aliphatic heterocycles. The molecule has 0 aromatic heterocycles. The summed E-state index contributed by atoms with van der Waals surface area (Å²) in [5, 5.41) is 11.8. The number of amides is 1. The van der Waals surface area contributed by atoms with E-state index in [2.05, 4.69) is 6.07 Å². The van der Waals surface area contributed by atoms with Crippen LogP contribution in [0.2, 0.25) is 0 Å². The van der Waals surface area contributed by atoms with E-state index in [0.717, 1.165) is 35.7 Å². The molecule has 2 atom stereocenters. The molecule has 1 N–H and O–H groups in total. The number of aliphatic hydroxyl groups excluding tert-OH is 1. The average Bonchev–Trinajstić information content (AvgIpc) is 2.93. The van der Waals surface area contributed by atoms with Gasteiger partial charge in [0.1, 0.15) is 0 Å². The fourth-order valence-corrected chi connectivity index (χ4v) is 3.23. The second-order valence-electron chi connectivity index (χ2n) is 5.94. The van der Waals surface area contributed by atoms with Crippen LogP contribution in [0.4, 0.5) is 0 Å². The van der Waals surface area contributed by atoms with Gasteiger partial charge in [-0.15, -0.1) is 0 Å². The molecule has 3 nitrogen and oxygen atoms in total. The molecule has 0 spiro atoms. The Morgan fingerprint density at radius 2 is 2.05 bits per heavy atom. The van der Waals surface area contributed by atoms with Crippen molar-refractivity contribution in [3.8, 4) is 0 Å². The van der Waals surface area contributed by atoms with E-state index in [-0.39, 0.29) is 18.1 Å². The lowest BCUT2D eigenvalue weighted by atomic mass is 10.0. The Morgan fingerprint density at radius 1 is 1.29 bits per heavy atom. The number of hydrogen-bond donors (Lipinski definition) is 1. The normalized spacial score (nSPS) is 19.9. The van der Waals surface area contributed by atoms with Gasteiger partial charge in [0.2, 0.25) is 0 Å². The smallest absolute Gasteiger partial charge is 0.254 e. The molecule has 0 bridgehead atoms. The van der Waals surface area contributed by atoms with Crippen LogP contribution in [-0.2, 0) is 0 Å². The molecule has 21 heavy (non-hydrogen) atoms. The highest BCUT2D eigenvalue weighted by Gasteiger charge is 2.30. The Hall–Kier alpha value is -1.87. The number of likely N-dealkylation sites (tertiary alicyclic amines) is 1. The maximum atomic E-state index is 12.7. The first kappa shape index (κ1) is 14.1. The molecule has 1 aliphatic rings. The first-order valence-electron chi connectivity index (χ1n) is 7.63. The molecule has 2 aromatic rings. The van der Waals surface area contributed by atoms with Crippen LogP contribution in [0.15, 0.2) is 42.5 Å². The minimum absolute atomic E-state index is 0.0869. The second-order valence-corrected chi connectivity index (χ2v) is 5.94. The van der Waals surface area contributed by atoms with Crippen LogP contribution >= 0.6 is 0 Å². The van der Waals surface area contributed by atoms with Gasteiger partial charge in [0, 0.05) is 18.2 Å². The highest BCUT2D eigenvalue weighted by atomic mass is 16.3. The van der Waals surface area contributed by atoms with Crippen LogP contribution < -0.4 is 0 Å². The third-order valence-electron chi connectivity index (χ3n) is 4.25. The zero-order valence-electron chi connectivity index (χ0n) is 12.3. The number of rotatable bonds is 3. The summed E-state index contributed by atoms with van der Waals surface area (Å²) in [4.78, 5) is 14.7. The molecule has 0 radical (unpaired) electrons. The van der Waals surface area contributed by atoms with E-state index in [0.29, 0.717) is 6.42 Å². The summed E-state index contributed by atoms with van der Waals surface area (Å²) in [5.74, 6) is 0.0869. The number of aliphatic hydroxyl groups is 1. The zero-order chi connectivity index (χ0) is 14.8. The summed E-state index contributed by atoms with van der Waals surface area (Å²) < 4.78 is 0. The lowest BCUT2D eigenvalue weighted by molar-refractivity contribution is 0.0682. The average molecular weight is 283 g/mol. The fourth-order valence-electron chi connectivity index (χ4n) is 3.23. The van der Waals surface area contributed by atoms with E-state index in [1.165, 1.54) is 0 Å². The number of carbonyl (C=O) groups is 1. The zero-order valence-corrected chi connectivity index (χ0v) is 12.3. The first-order valence-corrected chi connectivity index (χ1v) is 7.63. The van der Waals surface area contributed by atoms with Gasteiger partial charge in [0.15, 0.2) is 0 Å². The van der Waals surface area contributed by atoms with Crippen molar-refractivity contribution in [1.82, 2.24) is 4.90 Å². The summed E-state index contributed by atoms with van der Waals surface area (Å²) in [5.41, 5.74) is 0.742. The third-order valence-corrected chi connectivity index (χ3v) is 4.25. The minimum atomic E-state index is -0.361. The lowest BCUT2D eigenvalue weighted by Crippen LogP contribution is -2.37. The molecule has 1 heterocycles. The highest BCUT2D eigenvalue weighted by molar-refractivity contribution is 5.98. The monoisotopic (exact) mass is 283 g/mol. The topological polar surface area (TPSA) is 40.5 Å². The van der Waals surface area contributed by atoms with Crippen molar-refractivity contribution in [3.63, 3.8) is 0 Å². The van der Waals surface area contributed by atoms with E-state index >= 15 is 0 Å². The second kappa shape index (κ2) is 5.86. The Balaban J connectivity index is 1.85. The minimum Gasteiger partial charge on any atom is -0.393 e. The van der Waals surface area contributed by atoms with E-state index in [4.69, 9.17) is 0 Å². The van der Waals surface area contributed by atoms with E-state index in [1.54, 1.807) is 6.92 Å². The summed E-state index contributed by atoms with van der Waals surface area (Å²) >= 11 is 0. The predicted molar refractivity (Wildman–Crippen MR) is 84.3 cm³/mol. The highest BCUT2D eigenvalue weighted by Crippen LogP contribution is 2.25. The third kappa shape index (κ3) is 2.93. The molecule has 2 aromatic carbocycles. The van der Waals surface area contributed by atoms with Crippen LogP contribution in [0.3, 0.4) is 0 Å². The molecule has 3 rings (SSSR count). The van der Waals surface area contributed by atoms with Crippen LogP contribution in [0, 0.1) is 0 Å². The van der Waals surface area contributed by atoms with Crippen molar-refractivity contribution < 1.29 is 9.90 Å². The molecule has 1 saturated heterocycles. The summed E-state index contributed by atoms with van der Waals surface area (Å²) in [6, 6.07) is 14.1. The van der Waals surface area contributed by atoms with Gasteiger partial charge < -0.3 is 10.0 Å². The Kier molecular flexibility index (Phi) is 3.93. The lowest BCUT2D eigenvalue weighted by Gasteiger charge is -2.26. The van der Waals surface area contributed by atoms with Gasteiger partial charge >= 0.3 is 0 Å². The van der Waals surface area contributed by atoms with E-state index in [1.807, 2.05) is 41.3 Å². The van der Waals surface area contributed by atoms with Gasteiger partial charge in [-0.25, -0.2) is 0 Å². The molecule has 1 amide bonds.